The summed E-state index contributed by atoms with van der Waals surface area (Å²) in [6.07, 6.45) is 2.76. The Balaban J connectivity index is 2.09. The normalized spacial score (nSPS) is 16.3. The number of nitrogens with one attached hydrogen (secondary N) is 1. The van der Waals surface area contributed by atoms with Gasteiger partial charge in [-0.25, -0.2) is 0 Å². The molecule has 0 spiro atoms. The smallest absolute Gasteiger partial charge is 0.194 e. The van der Waals surface area contributed by atoms with E-state index in [-0.39, 0.29) is 0 Å². The third-order valence-electron chi connectivity index (χ3n) is 4.41. The number of nitrogens with zero attached hydrogens (tertiary/aromatic N) is 2. The molecule has 1 aromatic carbocycles. The summed E-state index contributed by atoms with van der Waals surface area (Å²) in [5.41, 5.74) is 0.438. The molecule has 6 nitrogen and oxygen atoms in total. The number of benzene rings is 1. The van der Waals surface area contributed by atoms with Crippen LogP contribution in [0.4, 0.5) is 0 Å². The summed E-state index contributed by atoms with van der Waals surface area (Å²) in [5, 5.41) is 13.5. The van der Waals surface area contributed by atoms with Crippen LogP contribution in [0.5, 0.6) is 11.5 Å². The average molecular weight is 335 g/mol. The predicted molar refractivity (Wildman–Crippen MR) is 95.8 cm³/mol. The number of rotatable bonds is 7. The predicted octanol–water partition coefficient (Wildman–Crippen LogP) is 2.02. The van der Waals surface area contributed by atoms with Gasteiger partial charge in [0.25, 0.3) is 0 Å². The minimum absolute atomic E-state index is 0.444. The maximum absolute atomic E-state index is 10.3. The van der Waals surface area contributed by atoms with Gasteiger partial charge in [0.15, 0.2) is 5.96 Å². The molecule has 1 aliphatic carbocycles. The fraction of sp³-hybridized carbons (Fsp3) is 0.611. The maximum atomic E-state index is 10.3. The second-order valence-corrected chi connectivity index (χ2v) is 6.28. The molecule has 0 unspecified atom stereocenters. The van der Waals surface area contributed by atoms with Gasteiger partial charge in [0.05, 0.1) is 26.4 Å². The molecule has 0 heterocycles. The highest BCUT2D eigenvalue weighted by molar-refractivity contribution is 5.79. The topological polar surface area (TPSA) is 66.3 Å². The van der Waals surface area contributed by atoms with Crippen LogP contribution in [0.3, 0.4) is 0 Å². The van der Waals surface area contributed by atoms with Gasteiger partial charge in [-0.2, -0.15) is 0 Å². The number of aliphatic imine (C=N–C) groups is 1. The van der Waals surface area contributed by atoms with Crippen molar-refractivity contribution in [3.05, 3.63) is 23.8 Å². The minimum atomic E-state index is -0.612. The highest BCUT2D eigenvalue weighted by Crippen LogP contribution is 2.31. The van der Waals surface area contributed by atoms with E-state index in [1.165, 1.54) is 0 Å². The highest BCUT2D eigenvalue weighted by Gasteiger charge is 2.34. The Morgan fingerprint density at radius 3 is 2.62 bits per heavy atom. The number of guanidine groups is 1. The zero-order valence-corrected chi connectivity index (χ0v) is 15.1. The van der Waals surface area contributed by atoms with E-state index >= 15 is 0 Å². The second-order valence-electron chi connectivity index (χ2n) is 6.28. The van der Waals surface area contributed by atoms with Crippen molar-refractivity contribution >= 4 is 5.96 Å². The van der Waals surface area contributed by atoms with E-state index in [0.29, 0.717) is 13.1 Å². The lowest BCUT2D eigenvalue weighted by molar-refractivity contribution is -0.0237. The van der Waals surface area contributed by atoms with Crippen molar-refractivity contribution in [3.63, 3.8) is 0 Å². The molecule has 24 heavy (non-hydrogen) atoms. The number of hydrogen-bond acceptors (Lipinski definition) is 4. The number of ether oxygens (including phenoxy) is 2. The van der Waals surface area contributed by atoms with Gasteiger partial charge in [0.1, 0.15) is 11.5 Å². The number of hydrogen-bond donors (Lipinski definition) is 2. The second kappa shape index (κ2) is 8.24. The standard InChI is InChI=1S/C18H29N3O3/c1-5-19-17(20-13-18(22)9-6-10-18)21(2)12-14-7-8-15(23-3)11-16(14)24-4/h7-8,11,22H,5-6,9-10,12-13H2,1-4H3,(H,19,20). The first-order valence-electron chi connectivity index (χ1n) is 8.44. The van der Waals surface area contributed by atoms with Gasteiger partial charge < -0.3 is 24.8 Å². The Kier molecular flexibility index (Phi) is 6.31. The van der Waals surface area contributed by atoms with E-state index in [1.807, 2.05) is 37.1 Å². The molecule has 0 saturated heterocycles. The molecule has 0 aromatic heterocycles. The molecule has 0 atom stereocenters. The van der Waals surface area contributed by atoms with Crippen LogP contribution in [0, 0.1) is 0 Å². The van der Waals surface area contributed by atoms with Crippen LogP contribution in [0.1, 0.15) is 31.7 Å². The van der Waals surface area contributed by atoms with E-state index in [4.69, 9.17) is 9.47 Å². The summed E-state index contributed by atoms with van der Waals surface area (Å²) in [4.78, 5) is 6.65. The number of aliphatic hydroxyl groups is 1. The molecule has 6 heteroatoms. The Labute approximate surface area is 144 Å². The van der Waals surface area contributed by atoms with Crippen LogP contribution in [0.15, 0.2) is 23.2 Å². The Morgan fingerprint density at radius 1 is 1.33 bits per heavy atom. The fourth-order valence-electron chi connectivity index (χ4n) is 2.75. The third kappa shape index (κ3) is 4.54. The Morgan fingerprint density at radius 2 is 2.08 bits per heavy atom. The lowest BCUT2D eigenvalue weighted by Gasteiger charge is -2.35. The van der Waals surface area contributed by atoms with Crippen molar-refractivity contribution in [2.24, 2.45) is 4.99 Å². The Hall–Kier alpha value is -1.95. The van der Waals surface area contributed by atoms with E-state index in [1.54, 1.807) is 14.2 Å². The van der Waals surface area contributed by atoms with E-state index in [2.05, 4.69) is 10.3 Å². The van der Waals surface area contributed by atoms with Gasteiger partial charge in [0.2, 0.25) is 0 Å². The van der Waals surface area contributed by atoms with Crippen molar-refractivity contribution < 1.29 is 14.6 Å². The highest BCUT2D eigenvalue weighted by atomic mass is 16.5. The van der Waals surface area contributed by atoms with E-state index in [0.717, 1.165) is 48.8 Å². The molecule has 0 bridgehead atoms. The molecule has 2 rings (SSSR count). The summed E-state index contributed by atoms with van der Waals surface area (Å²) in [6.45, 7) is 3.91. The summed E-state index contributed by atoms with van der Waals surface area (Å²) in [5.74, 6) is 2.34. The third-order valence-corrected chi connectivity index (χ3v) is 4.41. The first-order valence-corrected chi connectivity index (χ1v) is 8.44. The molecular formula is C18H29N3O3. The summed E-state index contributed by atoms with van der Waals surface area (Å²) >= 11 is 0. The average Bonchev–Trinajstić information content (AvgIpc) is 2.57. The van der Waals surface area contributed by atoms with Crippen molar-refractivity contribution in [3.8, 4) is 11.5 Å². The van der Waals surface area contributed by atoms with Crippen molar-refractivity contribution in [1.29, 1.82) is 0 Å². The molecule has 0 amide bonds. The van der Waals surface area contributed by atoms with Crippen LogP contribution in [-0.4, -0.2) is 55.9 Å². The van der Waals surface area contributed by atoms with Gasteiger partial charge in [0, 0.05) is 31.8 Å². The first-order chi connectivity index (χ1) is 11.5. The molecule has 1 saturated carbocycles. The van der Waals surface area contributed by atoms with Crippen LogP contribution in [0.25, 0.3) is 0 Å². The SMILES string of the molecule is CCNC(=NCC1(O)CCC1)N(C)Cc1ccc(OC)cc1OC. The van der Waals surface area contributed by atoms with Crippen molar-refractivity contribution in [1.82, 2.24) is 10.2 Å². The van der Waals surface area contributed by atoms with Gasteiger partial charge in [-0.3, -0.25) is 4.99 Å². The van der Waals surface area contributed by atoms with Crippen LogP contribution in [-0.2, 0) is 6.54 Å². The van der Waals surface area contributed by atoms with Crippen LogP contribution < -0.4 is 14.8 Å². The van der Waals surface area contributed by atoms with Crippen LogP contribution >= 0.6 is 0 Å². The molecular weight excluding hydrogens is 306 g/mol. The van der Waals surface area contributed by atoms with Gasteiger partial charge >= 0.3 is 0 Å². The molecule has 1 aliphatic rings. The molecule has 0 radical (unpaired) electrons. The monoisotopic (exact) mass is 335 g/mol. The molecule has 0 aliphatic heterocycles. The quantitative estimate of drug-likeness (QED) is 0.589. The zero-order chi connectivity index (χ0) is 17.6. The zero-order valence-electron chi connectivity index (χ0n) is 15.1. The molecule has 1 fully saturated rings. The van der Waals surface area contributed by atoms with Gasteiger partial charge in [-0.15, -0.1) is 0 Å². The maximum Gasteiger partial charge on any atom is 0.194 e. The summed E-state index contributed by atoms with van der Waals surface area (Å²) < 4.78 is 10.7. The fourth-order valence-corrected chi connectivity index (χ4v) is 2.75. The van der Waals surface area contributed by atoms with Gasteiger partial charge in [-0.1, -0.05) is 0 Å². The van der Waals surface area contributed by atoms with E-state index in [9.17, 15) is 5.11 Å². The molecule has 1 aromatic rings. The lowest BCUT2D eigenvalue weighted by Crippen LogP contribution is -2.43. The minimum Gasteiger partial charge on any atom is -0.497 e. The summed E-state index contributed by atoms with van der Waals surface area (Å²) in [7, 11) is 5.28. The van der Waals surface area contributed by atoms with E-state index < -0.39 is 5.60 Å². The first kappa shape index (κ1) is 18.4. The largest absolute Gasteiger partial charge is 0.497 e. The number of methoxy groups -OCH3 is 2. The lowest BCUT2D eigenvalue weighted by atomic mass is 9.80. The van der Waals surface area contributed by atoms with Crippen LogP contribution in [0.2, 0.25) is 0 Å². The van der Waals surface area contributed by atoms with Gasteiger partial charge in [-0.05, 0) is 38.3 Å². The van der Waals surface area contributed by atoms with Crippen molar-refractivity contribution in [2.45, 2.75) is 38.3 Å². The molecule has 134 valence electrons. The molecule has 2 N–H and O–H groups in total. The van der Waals surface area contributed by atoms with Crippen molar-refractivity contribution in [2.75, 3.05) is 34.4 Å². The summed E-state index contributed by atoms with van der Waals surface area (Å²) in [6, 6.07) is 5.80. The Bertz CT molecular complexity index is 571.